The summed E-state index contributed by atoms with van der Waals surface area (Å²) in [6.07, 6.45) is 2.40. The smallest absolute Gasteiger partial charge is 0.213 e. The molecule has 3 nitrogen and oxygen atoms in total. The van der Waals surface area contributed by atoms with Gasteiger partial charge in [0.1, 0.15) is 0 Å². The summed E-state index contributed by atoms with van der Waals surface area (Å²) in [7, 11) is 0. The molecule has 0 aliphatic heterocycles. The lowest BCUT2D eigenvalue weighted by Crippen LogP contribution is -2.35. The van der Waals surface area contributed by atoms with Crippen LogP contribution in [0.3, 0.4) is 0 Å². The molecule has 1 aromatic rings. The van der Waals surface area contributed by atoms with Gasteiger partial charge in [0.15, 0.2) is 0 Å². The molecular weight excluding hydrogens is 248 g/mol. The fraction of sp³-hybridized carbons (Fsp3) is 0.706. The summed E-state index contributed by atoms with van der Waals surface area (Å²) in [5, 5.41) is 3.48. The van der Waals surface area contributed by atoms with E-state index in [9.17, 15) is 0 Å². The van der Waals surface area contributed by atoms with Crippen molar-refractivity contribution in [2.45, 2.75) is 66.5 Å². The molecule has 3 heteroatoms. The van der Waals surface area contributed by atoms with Gasteiger partial charge in [0.05, 0.1) is 6.61 Å². The molecule has 0 amide bonds. The molecule has 1 aromatic heterocycles. The predicted molar refractivity (Wildman–Crippen MR) is 85.1 cm³/mol. The van der Waals surface area contributed by atoms with Gasteiger partial charge in [-0.3, -0.25) is 0 Å². The quantitative estimate of drug-likeness (QED) is 0.815. The minimum absolute atomic E-state index is 0.122. The standard InChI is InChI=1S/C17H30N2O/c1-7-8-13(2)12-20-16-10-9-15(14(3)19-16)11-18-17(4,5)6/h9-10,13,18H,7-8,11-12H2,1-6H3. The molecule has 0 saturated heterocycles. The molecule has 0 saturated carbocycles. The van der Waals surface area contributed by atoms with E-state index in [1.807, 2.05) is 13.0 Å². The highest BCUT2D eigenvalue weighted by Gasteiger charge is 2.10. The molecular formula is C17H30N2O. The number of hydrogen-bond acceptors (Lipinski definition) is 3. The number of aryl methyl sites for hydroxylation is 1. The second kappa shape index (κ2) is 7.63. The Balaban J connectivity index is 2.55. The Morgan fingerprint density at radius 3 is 2.55 bits per heavy atom. The molecule has 0 aliphatic carbocycles. The average molecular weight is 278 g/mol. The summed E-state index contributed by atoms with van der Waals surface area (Å²) in [5.74, 6) is 1.33. The van der Waals surface area contributed by atoms with Gasteiger partial charge in [-0.1, -0.05) is 26.3 Å². The zero-order valence-electron chi connectivity index (χ0n) is 13.9. The molecule has 0 aromatic carbocycles. The highest BCUT2D eigenvalue weighted by Crippen LogP contribution is 2.15. The molecule has 1 heterocycles. The minimum Gasteiger partial charge on any atom is -0.477 e. The van der Waals surface area contributed by atoms with Crippen molar-refractivity contribution >= 4 is 0 Å². The van der Waals surface area contributed by atoms with Gasteiger partial charge in [0, 0.05) is 23.8 Å². The van der Waals surface area contributed by atoms with E-state index in [0.29, 0.717) is 5.92 Å². The number of ether oxygens (including phenoxy) is 1. The van der Waals surface area contributed by atoms with Gasteiger partial charge in [-0.15, -0.1) is 0 Å². The van der Waals surface area contributed by atoms with Gasteiger partial charge in [0.2, 0.25) is 5.88 Å². The van der Waals surface area contributed by atoms with Crippen molar-refractivity contribution in [3.8, 4) is 5.88 Å². The fourth-order valence-electron chi connectivity index (χ4n) is 2.00. The van der Waals surface area contributed by atoms with Gasteiger partial charge in [-0.2, -0.15) is 0 Å². The number of nitrogens with zero attached hydrogens (tertiary/aromatic N) is 1. The molecule has 1 atom stereocenters. The summed E-state index contributed by atoms with van der Waals surface area (Å²) < 4.78 is 5.77. The first-order valence-corrected chi connectivity index (χ1v) is 7.66. The Kier molecular flexibility index (Phi) is 6.47. The molecule has 0 bridgehead atoms. The summed E-state index contributed by atoms with van der Waals surface area (Å²) in [4.78, 5) is 4.54. The SMILES string of the molecule is CCCC(C)COc1ccc(CNC(C)(C)C)c(C)n1. The van der Waals surface area contributed by atoms with E-state index in [2.05, 4.69) is 51.0 Å². The van der Waals surface area contributed by atoms with Gasteiger partial charge < -0.3 is 10.1 Å². The highest BCUT2D eigenvalue weighted by atomic mass is 16.5. The summed E-state index contributed by atoms with van der Waals surface area (Å²) in [6, 6.07) is 4.09. The second-order valence-corrected chi connectivity index (χ2v) is 6.70. The van der Waals surface area contributed by atoms with Gasteiger partial charge in [0.25, 0.3) is 0 Å². The maximum Gasteiger partial charge on any atom is 0.213 e. The van der Waals surface area contributed by atoms with E-state index in [-0.39, 0.29) is 5.54 Å². The molecule has 0 radical (unpaired) electrons. The van der Waals surface area contributed by atoms with E-state index in [1.54, 1.807) is 0 Å². The van der Waals surface area contributed by atoms with Crippen LogP contribution in [0, 0.1) is 12.8 Å². The van der Waals surface area contributed by atoms with E-state index < -0.39 is 0 Å². The third-order valence-corrected chi connectivity index (χ3v) is 3.28. The zero-order chi connectivity index (χ0) is 15.2. The van der Waals surface area contributed by atoms with Crippen molar-refractivity contribution in [3.05, 3.63) is 23.4 Å². The molecule has 1 unspecified atom stereocenters. The fourth-order valence-corrected chi connectivity index (χ4v) is 2.00. The Labute approximate surface area is 124 Å². The zero-order valence-corrected chi connectivity index (χ0v) is 13.9. The van der Waals surface area contributed by atoms with E-state index >= 15 is 0 Å². The number of nitrogens with one attached hydrogen (secondary N) is 1. The molecule has 20 heavy (non-hydrogen) atoms. The first kappa shape index (κ1) is 17.0. The van der Waals surface area contributed by atoms with Gasteiger partial charge in [-0.25, -0.2) is 4.98 Å². The molecule has 114 valence electrons. The number of rotatable bonds is 7. The average Bonchev–Trinajstić information content (AvgIpc) is 2.34. The lowest BCUT2D eigenvalue weighted by Gasteiger charge is -2.21. The number of hydrogen-bond donors (Lipinski definition) is 1. The minimum atomic E-state index is 0.122. The molecule has 0 aliphatic rings. The first-order chi connectivity index (χ1) is 9.31. The van der Waals surface area contributed by atoms with Gasteiger partial charge >= 0.3 is 0 Å². The van der Waals surface area contributed by atoms with Gasteiger partial charge in [-0.05, 0) is 45.6 Å². The van der Waals surface area contributed by atoms with Crippen LogP contribution in [0.4, 0.5) is 0 Å². The normalized spacial score (nSPS) is 13.3. The van der Waals surface area contributed by atoms with E-state index in [1.165, 1.54) is 18.4 Å². The Bertz CT molecular complexity index is 410. The van der Waals surface area contributed by atoms with Crippen LogP contribution in [-0.2, 0) is 6.54 Å². The van der Waals surface area contributed by atoms with Crippen LogP contribution in [0.2, 0.25) is 0 Å². The maximum absolute atomic E-state index is 5.77. The third-order valence-electron chi connectivity index (χ3n) is 3.28. The third kappa shape index (κ3) is 6.38. The Morgan fingerprint density at radius 2 is 2.00 bits per heavy atom. The lowest BCUT2D eigenvalue weighted by atomic mass is 10.1. The van der Waals surface area contributed by atoms with E-state index in [4.69, 9.17) is 4.74 Å². The van der Waals surface area contributed by atoms with Crippen molar-refractivity contribution in [1.82, 2.24) is 10.3 Å². The summed E-state index contributed by atoms with van der Waals surface area (Å²) in [6.45, 7) is 14.6. The van der Waals surface area contributed by atoms with Crippen LogP contribution >= 0.6 is 0 Å². The summed E-state index contributed by atoms with van der Waals surface area (Å²) >= 11 is 0. The highest BCUT2D eigenvalue weighted by molar-refractivity contribution is 5.25. The largest absolute Gasteiger partial charge is 0.477 e. The van der Waals surface area contributed by atoms with Crippen LogP contribution in [-0.4, -0.2) is 17.1 Å². The van der Waals surface area contributed by atoms with Crippen molar-refractivity contribution in [2.24, 2.45) is 5.92 Å². The number of aromatic nitrogens is 1. The van der Waals surface area contributed by atoms with Crippen molar-refractivity contribution in [3.63, 3.8) is 0 Å². The molecule has 0 spiro atoms. The number of pyridine rings is 1. The monoisotopic (exact) mass is 278 g/mol. The van der Waals surface area contributed by atoms with E-state index in [0.717, 1.165) is 24.7 Å². The molecule has 1 N–H and O–H groups in total. The lowest BCUT2D eigenvalue weighted by molar-refractivity contribution is 0.242. The van der Waals surface area contributed by atoms with Crippen LogP contribution in [0.25, 0.3) is 0 Å². The molecule has 0 fully saturated rings. The first-order valence-electron chi connectivity index (χ1n) is 7.66. The van der Waals surface area contributed by atoms with Crippen LogP contribution < -0.4 is 10.1 Å². The van der Waals surface area contributed by atoms with Crippen molar-refractivity contribution in [1.29, 1.82) is 0 Å². The maximum atomic E-state index is 5.77. The Hall–Kier alpha value is -1.09. The Morgan fingerprint density at radius 1 is 1.30 bits per heavy atom. The van der Waals surface area contributed by atoms with Crippen molar-refractivity contribution < 1.29 is 4.74 Å². The topological polar surface area (TPSA) is 34.1 Å². The van der Waals surface area contributed by atoms with Crippen molar-refractivity contribution in [2.75, 3.05) is 6.61 Å². The van der Waals surface area contributed by atoms with Crippen LogP contribution in [0.1, 0.15) is 58.7 Å². The molecule has 1 rings (SSSR count). The summed E-state index contributed by atoms with van der Waals surface area (Å²) in [5.41, 5.74) is 2.40. The van der Waals surface area contributed by atoms with Crippen LogP contribution in [0.5, 0.6) is 5.88 Å². The predicted octanol–water partition coefficient (Wildman–Crippen LogP) is 4.09. The second-order valence-electron chi connectivity index (χ2n) is 6.70. The van der Waals surface area contributed by atoms with Crippen LogP contribution in [0.15, 0.2) is 12.1 Å².